The number of anilines is 6. The summed E-state index contributed by atoms with van der Waals surface area (Å²) in [5.41, 5.74) is 16.7. The Balaban J connectivity index is 0.872. The Hall–Kier alpha value is -7.94. The van der Waals surface area contributed by atoms with Crippen LogP contribution in [-0.2, 0) is 0 Å². The molecule has 10 aromatic carbocycles. The predicted molar refractivity (Wildman–Crippen MR) is 256 cm³/mol. The zero-order chi connectivity index (χ0) is 39.8. The summed E-state index contributed by atoms with van der Waals surface area (Å²) in [6, 6.07) is 83.2. The first-order valence-corrected chi connectivity index (χ1v) is 20.6. The number of para-hydroxylation sites is 2. The summed E-state index contributed by atoms with van der Waals surface area (Å²) in [7, 11) is 0. The van der Waals surface area contributed by atoms with E-state index in [-0.39, 0.29) is 0 Å². The van der Waals surface area contributed by atoms with Crippen molar-refractivity contribution in [2.75, 3.05) is 9.80 Å². The molecule has 0 bridgehead atoms. The van der Waals surface area contributed by atoms with Crippen molar-refractivity contribution in [3.8, 4) is 33.4 Å². The minimum Gasteiger partial charge on any atom is -0.311 e. The first-order chi connectivity index (χ1) is 29.7. The molecule has 0 saturated carbocycles. The van der Waals surface area contributed by atoms with Crippen molar-refractivity contribution in [3.05, 3.63) is 242 Å². The molecule has 0 radical (unpaired) electrons. The maximum absolute atomic E-state index is 2.41. The van der Waals surface area contributed by atoms with E-state index in [0.717, 1.165) is 39.6 Å². The summed E-state index contributed by atoms with van der Waals surface area (Å²) in [4.78, 5) is 4.70. The molecule has 11 rings (SSSR count). The van der Waals surface area contributed by atoms with Crippen LogP contribution in [0.2, 0.25) is 0 Å². The van der Waals surface area contributed by atoms with Crippen LogP contribution in [-0.4, -0.2) is 0 Å². The summed E-state index contributed by atoms with van der Waals surface area (Å²) in [6.45, 7) is 0. The number of benzene rings is 10. The van der Waals surface area contributed by atoms with Gasteiger partial charge in [0.2, 0.25) is 0 Å². The minimum absolute atomic E-state index is 1.12. The van der Waals surface area contributed by atoms with Crippen LogP contribution in [0.4, 0.5) is 34.1 Å². The molecule has 1 aliphatic rings. The van der Waals surface area contributed by atoms with E-state index in [2.05, 4.69) is 252 Å². The van der Waals surface area contributed by atoms with Gasteiger partial charge in [-0.3, -0.25) is 0 Å². The quantitative estimate of drug-likeness (QED) is 0.135. The zero-order valence-corrected chi connectivity index (χ0v) is 33.0. The molecule has 0 fully saturated rings. The van der Waals surface area contributed by atoms with E-state index < -0.39 is 0 Å². The Kier molecular flexibility index (Phi) is 8.87. The number of nitrogens with zero attached hydrogens (tertiary/aromatic N) is 2. The first-order valence-electron chi connectivity index (χ1n) is 20.6. The van der Waals surface area contributed by atoms with E-state index in [0.29, 0.717) is 0 Å². The second kappa shape index (κ2) is 15.1. The second-order valence-electron chi connectivity index (χ2n) is 15.4. The SMILES string of the molecule is C(=C\c1ccc(N(c2ccc3ccccc3c2)c2ccc3c4c(cccc24)-c2ccccc2-3)cc1)/c1ccc(-c2ccc(N(c3ccccc3)c3ccccc3)cc2)cc1. The van der Waals surface area contributed by atoms with Crippen LogP contribution >= 0.6 is 0 Å². The second-order valence-corrected chi connectivity index (χ2v) is 15.4. The van der Waals surface area contributed by atoms with E-state index in [1.165, 1.54) is 60.6 Å². The lowest BCUT2D eigenvalue weighted by atomic mass is 9.99. The van der Waals surface area contributed by atoms with E-state index >= 15 is 0 Å². The van der Waals surface area contributed by atoms with Crippen LogP contribution in [0.1, 0.15) is 11.1 Å². The van der Waals surface area contributed by atoms with E-state index in [1.807, 2.05) is 0 Å². The Labute approximate surface area is 351 Å². The highest BCUT2D eigenvalue weighted by Crippen LogP contribution is 2.51. The van der Waals surface area contributed by atoms with Gasteiger partial charge in [0.25, 0.3) is 0 Å². The van der Waals surface area contributed by atoms with Gasteiger partial charge < -0.3 is 9.80 Å². The zero-order valence-electron chi connectivity index (χ0n) is 33.0. The van der Waals surface area contributed by atoms with Gasteiger partial charge in [-0.05, 0) is 127 Å². The van der Waals surface area contributed by atoms with Gasteiger partial charge >= 0.3 is 0 Å². The predicted octanol–water partition coefficient (Wildman–Crippen LogP) is 16.4. The van der Waals surface area contributed by atoms with Crippen LogP contribution < -0.4 is 9.80 Å². The molecule has 0 aromatic heterocycles. The fraction of sp³-hybridized carbons (Fsp3) is 0. The van der Waals surface area contributed by atoms with Gasteiger partial charge in [-0.15, -0.1) is 0 Å². The minimum atomic E-state index is 1.12. The molecule has 2 heteroatoms. The summed E-state index contributed by atoms with van der Waals surface area (Å²) in [5, 5.41) is 5.03. The topological polar surface area (TPSA) is 6.48 Å². The van der Waals surface area contributed by atoms with Crippen molar-refractivity contribution in [1.29, 1.82) is 0 Å². The molecule has 0 heterocycles. The largest absolute Gasteiger partial charge is 0.311 e. The van der Waals surface area contributed by atoms with Crippen LogP contribution in [0.25, 0.3) is 67.1 Å². The highest BCUT2D eigenvalue weighted by Gasteiger charge is 2.24. The molecule has 2 nitrogen and oxygen atoms in total. The van der Waals surface area contributed by atoms with Gasteiger partial charge in [0.1, 0.15) is 0 Å². The van der Waals surface area contributed by atoms with Crippen LogP contribution in [0.3, 0.4) is 0 Å². The third-order valence-electron chi connectivity index (χ3n) is 11.8. The molecule has 0 unspecified atom stereocenters. The van der Waals surface area contributed by atoms with Crippen molar-refractivity contribution in [2.45, 2.75) is 0 Å². The molecular formula is C58H40N2. The van der Waals surface area contributed by atoms with Gasteiger partial charge in [0.15, 0.2) is 0 Å². The molecule has 282 valence electrons. The smallest absolute Gasteiger partial charge is 0.0540 e. The summed E-state index contributed by atoms with van der Waals surface area (Å²) in [5.74, 6) is 0. The standard InChI is InChI=1S/C58H40N2/c1-3-14-47(15-4-1)59(48-16-5-2-6-17-48)49-35-30-45(31-36-49)44-28-24-41(25-29-44)22-23-42-26-33-50(34-27-42)60(51-37-32-43-12-7-8-13-46(43)40-51)57-39-38-55-53-19-10-9-18-52(53)54-20-11-21-56(57)58(54)55/h1-40H/b23-22+. The van der Waals surface area contributed by atoms with Gasteiger partial charge in [-0.25, -0.2) is 0 Å². The molecule has 0 spiro atoms. The Bertz CT molecular complexity index is 3100. The van der Waals surface area contributed by atoms with Crippen molar-refractivity contribution in [3.63, 3.8) is 0 Å². The number of hydrogen-bond donors (Lipinski definition) is 0. The number of fused-ring (bicyclic) bond motifs is 4. The highest BCUT2D eigenvalue weighted by atomic mass is 15.1. The van der Waals surface area contributed by atoms with Crippen molar-refractivity contribution < 1.29 is 0 Å². The third-order valence-corrected chi connectivity index (χ3v) is 11.8. The number of hydrogen-bond acceptors (Lipinski definition) is 2. The van der Waals surface area contributed by atoms with Gasteiger partial charge in [-0.1, -0.05) is 176 Å². The van der Waals surface area contributed by atoms with E-state index in [1.54, 1.807) is 0 Å². The monoisotopic (exact) mass is 764 g/mol. The molecule has 60 heavy (non-hydrogen) atoms. The molecule has 0 saturated heterocycles. The average Bonchev–Trinajstić information content (AvgIpc) is 3.65. The average molecular weight is 765 g/mol. The van der Waals surface area contributed by atoms with Crippen molar-refractivity contribution in [1.82, 2.24) is 0 Å². The maximum Gasteiger partial charge on any atom is 0.0540 e. The molecule has 0 N–H and O–H groups in total. The molecule has 0 atom stereocenters. The van der Waals surface area contributed by atoms with E-state index in [9.17, 15) is 0 Å². The van der Waals surface area contributed by atoms with Gasteiger partial charge in [-0.2, -0.15) is 0 Å². The fourth-order valence-corrected chi connectivity index (χ4v) is 8.85. The Morgan fingerprint density at radius 2 is 0.750 bits per heavy atom. The normalized spacial score (nSPS) is 11.6. The van der Waals surface area contributed by atoms with Gasteiger partial charge in [0.05, 0.1) is 5.69 Å². The van der Waals surface area contributed by atoms with E-state index in [4.69, 9.17) is 0 Å². The summed E-state index contributed by atoms with van der Waals surface area (Å²) >= 11 is 0. The molecule has 0 aliphatic heterocycles. The van der Waals surface area contributed by atoms with Crippen LogP contribution in [0.5, 0.6) is 0 Å². The molecule has 0 amide bonds. The van der Waals surface area contributed by atoms with Crippen LogP contribution in [0, 0.1) is 0 Å². The first kappa shape index (κ1) is 35.2. The lowest BCUT2D eigenvalue weighted by molar-refractivity contribution is 1.28. The summed E-state index contributed by atoms with van der Waals surface area (Å²) < 4.78 is 0. The Morgan fingerprint density at radius 1 is 0.283 bits per heavy atom. The third kappa shape index (κ3) is 6.41. The molecule has 10 aromatic rings. The van der Waals surface area contributed by atoms with Crippen molar-refractivity contribution >= 4 is 67.8 Å². The Morgan fingerprint density at radius 3 is 1.40 bits per heavy atom. The highest BCUT2D eigenvalue weighted by molar-refractivity contribution is 6.19. The van der Waals surface area contributed by atoms with Crippen molar-refractivity contribution in [2.24, 2.45) is 0 Å². The van der Waals surface area contributed by atoms with Crippen LogP contribution in [0.15, 0.2) is 231 Å². The number of rotatable bonds is 9. The fourth-order valence-electron chi connectivity index (χ4n) is 8.85. The lowest BCUT2D eigenvalue weighted by Gasteiger charge is -2.27. The maximum atomic E-state index is 2.41. The van der Waals surface area contributed by atoms with Gasteiger partial charge in [0, 0.05) is 33.8 Å². The molecular weight excluding hydrogens is 725 g/mol. The summed E-state index contributed by atoms with van der Waals surface area (Å²) in [6.07, 6.45) is 4.40. The molecule has 1 aliphatic carbocycles. The lowest BCUT2D eigenvalue weighted by Crippen LogP contribution is -2.10.